The first-order valence-corrected chi connectivity index (χ1v) is 23.9. The Labute approximate surface area is 396 Å². The number of aliphatic hydroxyl groups excluding tert-OH is 1. The van der Waals surface area contributed by atoms with Crippen LogP contribution in [-0.2, 0) is 53.0 Å². The summed E-state index contributed by atoms with van der Waals surface area (Å²) in [5.41, 5.74) is -2.88. The molecule has 0 saturated carbocycles. The fraction of sp³-hybridized carbons (Fsp3) is 0.364. The Morgan fingerprint density at radius 1 is 0.716 bits per heavy atom. The van der Waals surface area contributed by atoms with Crippen LogP contribution in [0.2, 0.25) is 0 Å². The van der Waals surface area contributed by atoms with E-state index in [1.165, 1.54) is 46.1 Å². The van der Waals surface area contributed by atoms with Gasteiger partial charge < -0.3 is 28.8 Å². The Morgan fingerprint density at radius 3 is 1.48 bits per heavy atom. The number of hydrogen-bond acceptors (Lipinski definition) is 8. The van der Waals surface area contributed by atoms with E-state index in [2.05, 4.69) is 22.6 Å². The number of rotatable bonds is 9. The fourth-order valence-electron chi connectivity index (χ4n) is 7.74. The number of halogens is 11. The molecular formula is C44H39F10IN4O6S2. The third-order valence-electron chi connectivity index (χ3n) is 11.0. The SMILES string of the molecule is CI.COCc1cn(CC(=O)N2CCC(F)C2)c(=O)c2c(-c3ccc(F)c(C(F)(F)F)c3)csc12.O=C(Cn1cc(CO)c2scc(-c3ccc(F)c(C(F)(F)F)c3)c2c1=O)N1CCC(F)C1. The number of amides is 2. The van der Waals surface area contributed by atoms with Gasteiger partial charge >= 0.3 is 12.4 Å². The van der Waals surface area contributed by atoms with Gasteiger partial charge in [0.15, 0.2) is 0 Å². The third-order valence-corrected chi connectivity index (χ3v) is 13.1. The molecule has 6 heterocycles. The largest absolute Gasteiger partial charge is 0.419 e. The topological polar surface area (TPSA) is 114 Å². The van der Waals surface area contributed by atoms with Crippen LogP contribution >= 0.6 is 45.3 Å². The summed E-state index contributed by atoms with van der Waals surface area (Å²) >= 11 is 4.35. The van der Waals surface area contributed by atoms with Crippen LogP contribution in [0.3, 0.4) is 0 Å². The summed E-state index contributed by atoms with van der Waals surface area (Å²) in [4.78, 5) is 56.2. The number of pyridine rings is 2. The second kappa shape index (κ2) is 21.2. The number of aliphatic hydroxyl groups is 1. The van der Waals surface area contributed by atoms with Crippen LogP contribution in [0.5, 0.6) is 0 Å². The summed E-state index contributed by atoms with van der Waals surface area (Å²) in [6.45, 7) is -0.754. The average molecular weight is 1100 g/mol. The fourth-order valence-corrected chi connectivity index (χ4v) is 9.88. The first-order chi connectivity index (χ1) is 31.7. The van der Waals surface area contributed by atoms with Crippen molar-refractivity contribution in [1.29, 1.82) is 0 Å². The minimum atomic E-state index is -4.92. The van der Waals surface area contributed by atoms with Crippen molar-refractivity contribution >= 4 is 77.3 Å². The number of hydrogen-bond donors (Lipinski definition) is 1. The number of thiophene rings is 2. The van der Waals surface area contributed by atoms with Crippen LogP contribution in [-0.4, -0.2) is 86.4 Å². The zero-order valence-corrected chi connectivity index (χ0v) is 39.0. The van der Waals surface area contributed by atoms with E-state index in [1.807, 2.05) is 4.93 Å². The second-order valence-corrected chi connectivity index (χ2v) is 17.1. The quantitative estimate of drug-likeness (QED) is 0.0877. The van der Waals surface area contributed by atoms with Crippen LogP contribution in [0, 0.1) is 11.6 Å². The molecule has 0 spiro atoms. The maximum absolute atomic E-state index is 13.8. The van der Waals surface area contributed by atoms with E-state index in [4.69, 9.17) is 4.74 Å². The summed E-state index contributed by atoms with van der Waals surface area (Å²) in [5, 5.41) is 12.9. The van der Waals surface area contributed by atoms with Crippen molar-refractivity contribution in [2.45, 2.75) is 63.8 Å². The molecule has 2 fully saturated rings. The van der Waals surface area contributed by atoms with Crippen LogP contribution in [0.25, 0.3) is 42.4 Å². The highest BCUT2D eigenvalue weighted by Gasteiger charge is 2.36. The van der Waals surface area contributed by atoms with E-state index in [0.717, 1.165) is 37.9 Å². The molecule has 0 aliphatic carbocycles. The molecule has 2 saturated heterocycles. The van der Waals surface area contributed by atoms with Gasteiger partial charge in [-0.05, 0) is 53.2 Å². The van der Waals surface area contributed by atoms with Crippen molar-refractivity contribution in [3.63, 3.8) is 0 Å². The molecular weight excluding hydrogens is 1060 g/mol. The third kappa shape index (κ3) is 11.2. The van der Waals surface area contributed by atoms with Crippen molar-refractivity contribution in [3.8, 4) is 22.3 Å². The molecule has 67 heavy (non-hydrogen) atoms. The zero-order valence-electron chi connectivity index (χ0n) is 35.3. The Morgan fingerprint density at radius 2 is 1.12 bits per heavy atom. The van der Waals surface area contributed by atoms with Crippen molar-refractivity contribution < 1.29 is 63.3 Å². The predicted molar refractivity (Wildman–Crippen MR) is 242 cm³/mol. The standard InChI is InChI=1S/C22H19F5N2O3S.C21H17F5N2O3S.CH3I/c1-32-10-13-7-29(9-18(30)28-5-4-14(23)8-28)21(31)19-15(11-33-20(13)19)12-2-3-17(24)16(6-12)22(25,26)27;22-13-3-4-27(7-13)17(30)8-28-6-12(9-29)19-18(20(28)31)14(10-32-19)11-1-2-16(23)15(5-11)21(24,25)26;1-2/h2-3,6-7,11,14H,4-5,8-10H2,1H3;1-2,5-6,10,13,29H,3-4,7-9H2;1H3. The van der Waals surface area contributed by atoms with Crippen LogP contribution in [0.4, 0.5) is 43.9 Å². The van der Waals surface area contributed by atoms with Gasteiger partial charge in [0.1, 0.15) is 37.1 Å². The number of alkyl halides is 9. The number of carbonyl (C=O) groups is 2. The minimum absolute atomic E-state index is 0.0187. The number of fused-ring (bicyclic) bond motifs is 2. The predicted octanol–water partition coefficient (Wildman–Crippen LogP) is 9.61. The smallest absolute Gasteiger partial charge is 0.392 e. The van der Waals surface area contributed by atoms with E-state index >= 15 is 0 Å². The van der Waals surface area contributed by atoms with E-state index in [-0.39, 0.29) is 85.2 Å². The molecule has 2 aliphatic rings. The van der Waals surface area contributed by atoms with Gasteiger partial charge in [0, 0.05) is 75.0 Å². The lowest BCUT2D eigenvalue weighted by atomic mass is 10.0. The molecule has 2 unspecified atom stereocenters. The molecule has 1 N–H and O–H groups in total. The van der Waals surface area contributed by atoms with E-state index in [1.54, 1.807) is 0 Å². The zero-order chi connectivity index (χ0) is 49.1. The summed E-state index contributed by atoms with van der Waals surface area (Å²) in [6.07, 6.45) is -8.82. The van der Waals surface area contributed by atoms with Crippen LogP contribution in [0.15, 0.2) is 69.1 Å². The molecule has 2 amide bonds. The number of likely N-dealkylation sites (tertiary alicyclic amines) is 2. The lowest BCUT2D eigenvalue weighted by molar-refractivity contribution is -0.140. The Hall–Kier alpha value is -4.85. The normalized spacial score (nSPS) is 16.3. The average Bonchev–Trinajstić information content (AvgIpc) is 4.11. The number of aromatic nitrogens is 2. The highest BCUT2D eigenvalue weighted by molar-refractivity contribution is 14.1. The first kappa shape index (κ1) is 51.5. The van der Waals surface area contributed by atoms with Crippen LogP contribution in [0.1, 0.15) is 35.1 Å². The molecule has 2 atom stereocenters. The second-order valence-electron chi connectivity index (χ2n) is 15.3. The van der Waals surface area contributed by atoms with E-state index < -0.39 is 83.5 Å². The molecule has 8 rings (SSSR count). The monoisotopic (exact) mass is 1100 g/mol. The van der Waals surface area contributed by atoms with Gasteiger partial charge in [0.25, 0.3) is 11.1 Å². The number of ether oxygens (including phenoxy) is 1. The maximum atomic E-state index is 13.8. The van der Waals surface area contributed by atoms with Crippen LogP contribution < -0.4 is 11.1 Å². The van der Waals surface area contributed by atoms with Crippen molar-refractivity contribution in [2.24, 2.45) is 0 Å². The summed E-state index contributed by atoms with van der Waals surface area (Å²) in [6, 6.07) is 5.00. The Kier molecular flexibility index (Phi) is 16.3. The lowest BCUT2D eigenvalue weighted by Gasteiger charge is -2.17. The van der Waals surface area contributed by atoms with E-state index in [0.29, 0.717) is 44.8 Å². The molecule has 10 nitrogen and oxygen atoms in total. The number of benzene rings is 2. The Bertz CT molecular complexity index is 2920. The number of carbonyl (C=O) groups excluding carboxylic acids is 2. The van der Waals surface area contributed by atoms with Gasteiger partial charge in [-0.15, -0.1) is 22.7 Å². The molecule has 360 valence electrons. The van der Waals surface area contributed by atoms with Crippen molar-refractivity contribution in [2.75, 3.05) is 38.2 Å². The highest BCUT2D eigenvalue weighted by atomic mass is 127. The van der Waals surface area contributed by atoms with Gasteiger partial charge in [-0.2, -0.15) is 26.3 Å². The van der Waals surface area contributed by atoms with Crippen molar-refractivity contribution in [3.05, 3.63) is 114 Å². The number of methoxy groups -OCH3 is 1. The molecule has 23 heteroatoms. The lowest BCUT2D eigenvalue weighted by Crippen LogP contribution is -2.35. The molecule has 2 aliphatic heterocycles. The van der Waals surface area contributed by atoms with Gasteiger partial charge in [0.05, 0.1) is 48.2 Å². The summed E-state index contributed by atoms with van der Waals surface area (Å²) < 4.78 is 142. The van der Waals surface area contributed by atoms with Crippen molar-refractivity contribution in [1.82, 2.24) is 18.9 Å². The molecule has 0 bridgehead atoms. The summed E-state index contributed by atoms with van der Waals surface area (Å²) in [7, 11) is 1.45. The Balaban J connectivity index is 0.000000213. The molecule has 4 aromatic heterocycles. The molecule has 6 aromatic rings. The van der Waals surface area contributed by atoms with Gasteiger partial charge in [0.2, 0.25) is 11.8 Å². The molecule has 0 radical (unpaired) electrons. The van der Waals surface area contributed by atoms with E-state index in [9.17, 15) is 68.2 Å². The summed E-state index contributed by atoms with van der Waals surface area (Å²) in [5.74, 6) is -3.76. The molecule has 2 aromatic carbocycles. The van der Waals surface area contributed by atoms with Gasteiger partial charge in [-0.1, -0.05) is 34.7 Å². The highest BCUT2D eigenvalue weighted by Crippen LogP contribution is 2.40. The van der Waals surface area contributed by atoms with Gasteiger partial charge in [-0.25, -0.2) is 17.6 Å². The number of nitrogens with zero attached hydrogens (tertiary/aromatic N) is 4. The maximum Gasteiger partial charge on any atom is 0.419 e. The van der Waals surface area contributed by atoms with Gasteiger partial charge in [-0.3, -0.25) is 19.2 Å². The minimum Gasteiger partial charge on any atom is -0.392 e. The first-order valence-electron chi connectivity index (χ1n) is 20.0.